The molecular formula is C11H13N3S. The largest absolute Gasteiger partial charge is 0.370 e. The van der Waals surface area contributed by atoms with Crippen LogP contribution in [-0.2, 0) is 19.9 Å². The number of hydrogen-bond donors (Lipinski definition) is 1. The van der Waals surface area contributed by atoms with Crippen LogP contribution < -0.4 is 5.32 Å². The molecule has 0 unspecified atom stereocenters. The van der Waals surface area contributed by atoms with E-state index in [-0.39, 0.29) is 0 Å². The molecule has 0 saturated carbocycles. The van der Waals surface area contributed by atoms with Gasteiger partial charge in [0.25, 0.3) is 0 Å². The first-order valence-corrected chi connectivity index (χ1v) is 6.03. The average molecular weight is 219 g/mol. The zero-order valence-corrected chi connectivity index (χ0v) is 9.47. The van der Waals surface area contributed by atoms with Gasteiger partial charge in [0.2, 0.25) is 0 Å². The van der Waals surface area contributed by atoms with Crippen molar-refractivity contribution in [2.45, 2.75) is 12.8 Å². The molecule has 0 aromatic carbocycles. The average Bonchev–Trinajstić information content (AvgIpc) is 2.89. The fourth-order valence-corrected chi connectivity index (χ4v) is 2.84. The van der Waals surface area contributed by atoms with E-state index >= 15 is 0 Å². The quantitative estimate of drug-likeness (QED) is 0.837. The van der Waals surface area contributed by atoms with Crippen LogP contribution in [0, 0.1) is 0 Å². The van der Waals surface area contributed by atoms with Crippen LogP contribution in [0.3, 0.4) is 0 Å². The van der Waals surface area contributed by atoms with Crippen molar-refractivity contribution in [1.29, 1.82) is 0 Å². The van der Waals surface area contributed by atoms with Gasteiger partial charge in [-0.05, 0) is 17.9 Å². The highest BCUT2D eigenvalue weighted by atomic mass is 32.1. The van der Waals surface area contributed by atoms with E-state index in [1.807, 2.05) is 11.7 Å². The summed E-state index contributed by atoms with van der Waals surface area (Å²) in [5.74, 6) is 1.21. The summed E-state index contributed by atoms with van der Waals surface area (Å²) in [6.07, 6.45) is 2.09. The van der Waals surface area contributed by atoms with Crippen molar-refractivity contribution in [2.24, 2.45) is 7.05 Å². The molecule has 1 aliphatic rings. The highest BCUT2D eigenvalue weighted by molar-refractivity contribution is 7.09. The number of thiophene rings is 1. The third-order valence-corrected chi connectivity index (χ3v) is 3.69. The van der Waals surface area contributed by atoms with Crippen molar-refractivity contribution in [1.82, 2.24) is 9.78 Å². The molecule has 0 spiro atoms. The molecule has 0 amide bonds. The van der Waals surface area contributed by atoms with Crippen LogP contribution in [0.4, 0.5) is 5.82 Å². The molecule has 0 bridgehead atoms. The molecule has 3 nitrogen and oxygen atoms in total. The number of nitrogens with zero attached hydrogens (tertiary/aromatic N) is 2. The van der Waals surface area contributed by atoms with Gasteiger partial charge in [0.15, 0.2) is 0 Å². The van der Waals surface area contributed by atoms with E-state index in [0.29, 0.717) is 0 Å². The minimum absolute atomic E-state index is 0.975. The Balaban J connectivity index is 1.96. The Morgan fingerprint density at radius 1 is 1.60 bits per heavy atom. The third-order valence-electron chi connectivity index (χ3n) is 2.82. The molecule has 15 heavy (non-hydrogen) atoms. The summed E-state index contributed by atoms with van der Waals surface area (Å²) in [5, 5.41) is 10.1. The van der Waals surface area contributed by atoms with E-state index in [9.17, 15) is 0 Å². The monoisotopic (exact) mass is 219 g/mol. The number of nitrogens with one attached hydrogen (secondary N) is 1. The molecule has 0 saturated heterocycles. The summed E-state index contributed by atoms with van der Waals surface area (Å²) >= 11 is 1.80. The van der Waals surface area contributed by atoms with E-state index in [2.05, 4.69) is 27.9 Å². The number of aromatic nitrogens is 2. The van der Waals surface area contributed by atoms with Crippen LogP contribution in [0.15, 0.2) is 17.5 Å². The highest BCUT2D eigenvalue weighted by Gasteiger charge is 2.20. The summed E-state index contributed by atoms with van der Waals surface area (Å²) in [4.78, 5) is 1.39. The molecule has 3 heterocycles. The number of anilines is 1. The van der Waals surface area contributed by atoms with Gasteiger partial charge in [0, 0.05) is 30.5 Å². The van der Waals surface area contributed by atoms with Crippen molar-refractivity contribution in [3.05, 3.63) is 33.6 Å². The Morgan fingerprint density at radius 3 is 3.33 bits per heavy atom. The van der Waals surface area contributed by atoms with E-state index in [1.165, 1.54) is 22.0 Å². The lowest BCUT2D eigenvalue weighted by Gasteiger charge is -1.97. The summed E-state index contributed by atoms with van der Waals surface area (Å²) in [6, 6.07) is 4.27. The normalized spacial score (nSPS) is 13.9. The van der Waals surface area contributed by atoms with Crippen LogP contribution >= 0.6 is 11.3 Å². The number of fused-ring (bicyclic) bond motifs is 1. The lowest BCUT2D eigenvalue weighted by atomic mass is 10.1. The van der Waals surface area contributed by atoms with Crippen molar-refractivity contribution >= 4 is 17.2 Å². The lowest BCUT2D eigenvalue weighted by Crippen LogP contribution is -2.02. The Hall–Kier alpha value is -1.29. The van der Waals surface area contributed by atoms with Crippen molar-refractivity contribution < 1.29 is 0 Å². The van der Waals surface area contributed by atoms with Gasteiger partial charge in [-0.1, -0.05) is 6.07 Å². The Morgan fingerprint density at radius 2 is 2.53 bits per heavy atom. The maximum atomic E-state index is 4.57. The zero-order chi connectivity index (χ0) is 10.3. The van der Waals surface area contributed by atoms with Crippen molar-refractivity contribution in [2.75, 3.05) is 11.9 Å². The second kappa shape index (κ2) is 3.38. The zero-order valence-electron chi connectivity index (χ0n) is 8.66. The third kappa shape index (κ3) is 1.45. The fraction of sp³-hybridized carbons (Fsp3) is 0.364. The Bertz CT molecular complexity index is 470. The van der Waals surface area contributed by atoms with Gasteiger partial charge in [-0.25, -0.2) is 0 Å². The minimum atomic E-state index is 0.975. The molecule has 2 aromatic rings. The van der Waals surface area contributed by atoms with Gasteiger partial charge >= 0.3 is 0 Å². The van der Waals surface area contributed by atoms with Crippen LogP contribution in [0.2, 0.25) is 0 Å². The molecule has 2 aromatic heterocycles. The summed E-state index contributed by atoms with van der Waals surface area (Å²) in [6.45, 7) is 1.05. The van der Waals surface area contributed by atoms with Gasteiger partial charge in [0.05, 0.1) is 5.69 Å². The van der Waals surface area contributed by atoms with E-state index in [4.69, 9.17) is 0 Å². The number of hydrogen-bond acceptors (Lipinski definition) is 3. The van der Waals surface area contributed by atoms with Crippen LogP contribution in [-0.4, -0.2) is 16.3 Å². The van der Waals surface area contributed by atoms with Gasteiger partial charge < -0.3 is 5.32 Å². The molecule has 3 rings (SSSR count). The first kappa shape index (κ1) is 8.97. The molecule has 0 fully saturated rings. The molecule has 78 valence electrons. The summed E-state index contributed by atoms with van der Waals surface area (Å²) < 4.78 is 1.96. The highest BCUT2D eigenvalue weighted by Crippen LogP contribution is 2.27. The van der Waals surface area contributed by atoms with E-state index in [0.717, 1.165) is 19.4 Å². The maximum absolute atomic E-state index is 4.57. The molecule has 0 aliphatic carbocycles. The SMILES string of the molecule is Cn1nc(Cc2cccs2)c2c1NCC2. The first-order valence-electron chi connectivity index (χ1n) is 5.15. The van der Waals surface area contributed by atoms with Crippen LogP contribution in [0.1, 0.15) is 16.1 Å². The van der Waals surface area contributed by atoms with E-state index in [1.54, 1.807) is 11.3 Å². The second-order valence-electron chi connectivity index (χ2n) is 3.83. The molecule has 1 aliphatic heterocycles. The lowest BCUT2D eigenvalue weighted by molar-refractivity contribution is 0.751. The van der Waals surface area contributed by atoms with Crippen molar-refractivity contribution in [3.63, 3.8) is 0 Å². The molecule has 4 heteroatoms. The predicted molar refractivity (Wildman–Crippen MR) is 62.5 cm³/mol. The van der Waals surface area contributed by atoms with Crippen LogP contribution in [0.25, 0.3) is 0 Å². The standard InChI is InChI=1S/C11H13N3S/c1-14-11-9(4-5-12-11)10(13-14)7-8-3-2-6-15-8/h2-3,6,12H,4-5,7H2,1H3. The van der Waals surface area contributed by atoms with Gasteiger partial charge in [-0.2, -0.15) is 5.10 Å². The molecule has 0 radical (unpaired) electrons. The molecule has 0 atom stereocenters. The predicted octanol–water partition coefficient (Wildman–Crippen LogP) is 2.04. The number of rotatable bonds is 2. The molecular weight excluding hydrogens is 206 g/mol. The smallest absolute Gasteiger partial charge is 0.127 e. The van der Waals surface area contributed by atoms with Gasteiger partial charge in [0.1, 0.15) is 5.82 Å². The first-order chi connectivity index (χ1) is 7.34. The maximum Gasteiger partial charge on any atom is 0.127 e. The van der Waals surface area contributed by atoms with Crippen molar-refractivity contribution in [3.8, 4) is 0 Å². The molecule has 1 N–H and O–H groups in total. The minimum Gasteiger partial charge on any atom is -0.370 e. The van der Waals surface area contributed by atoms with Gasteiger partial charge in [-0.3, -0.25) is 4.68 Å². The van der Waals surface area contributed by atoms with E-state index < -0.39 is 0 Å². The fourth-order valence-electron chi connectivity index (χ4n) is 2.13. The summed E-state index contributed by atoms with van der Waals surface area (Å²) in [5.41, 5.74) is 2.64. The topological polar surface area (TPSA) is 29.9 Å². The summed E-state index contributed by atoms with van der Waals surface area (Å²) in [7, 11) is 2.01. The number of aryl methyl sites for hydroxylation is 1. The Kier molecular flexibility index (Phi) is 2.02. The van der Waals surface area contributed by atoms with Crippen LogP contribution in [0.5, 0.6) is 0 Å². The Labute approximate surface area is 92.7 Å². The van der Waals surface area contributed by atoms with Gasteiger partial charge in [-0.15, -0.1) is 11.3 Å². The second-order valence-corrected chi connectivity index (χ2v) is 4.86.